The first kappa shape index (κ1) is 37.0. The van der Waals surface area contributed by atoms with Crippen LogP contribution in [-0.4, -0.2) is 43.3 Å². The Bertz CT molecular complexity index is 1440. The first-order chi connectivity index (χ1) is 24.2. The van der Waals surface area contributed by atoms with Crippen molar-refractivity contribution in [2.75, 3.05) is 14.2 Å². The normalized spacial score (nSPS) is 26.8. The summed E-state index contributed by atoms with van der Waals surface area (Å²) in [5, 5.41) is 9.21. The van der Waals surface area contributed by atoms with Crippen molar-refractivity contribution in [3.8, 4) is 23.0 Å². The number of Topliss-reactive ketones (excluding diaryl/α,β-unsaturated/α-hetero) is 1. The van der Waals surface area contributed by atoms with E-state index in [9.17, 15) is 14.7 Å². The quantitative estimate of drug-likeness (QED) is 0.249. The number of rotatable bonds is 10. The third-order valence-electron chi connectivity index (χ3n) is 11.6. The second-order valence-electron chi connectivity index (χ2n) is 14.6. The largest absolute Gasteiger partial charge is 0.493 e. The van der Waals surface area contributed by atoms with Crippen molar-refractivity contribution in [3.05, 3.63) is 70.4 Å². The highest BCUT2D eigenvalue weighted by Crippen LogP contribution is 2.47. The molecule has 0 aliphatic heterocycles. The molecule has 50 heavy (non-hydrogen) atoms. The Balaban J connectivity index is 0.000000194. The van der Waals surface area contributed by atoms with Crippen molar-refractivity contribution >= 4 is 11.8 Å². The minimum atomic E-state index is -0.751. The Hall–Kier alpha value is -4.24. The van der Waals surface area contributed by atoms with Gasteiger partial charge in [-0.1, -0.05) is 0 Å². The van der Waals surface area contributed by atoms with Gasteiger partial charge in [-0.05, 0) is 120 Å². The van der Waals surface area contributed by atoms with Crippen LogP contribution in [0.25, 0.3) is 9.69 Å². The molecule has 4 aliphatic rings. The maximum Gasteiger partial charge on any atom is 0.306 e. The number of aliphatic carboxylic acids is 1. The zero-order valence-electron chi connectivity index (χ0n) is 29.9. The lowest BCUT2D eigenvalue weighted by Gasteiger charge is -2.31. The van der Waals surface area contributed by atoms with Crippen molar-refractivity contribution in [1.82, 2.24) is 0 Å². The Morgan fingerprint density at radius 2 is 1.02 bits per heavy atom. The number of hydrogen-bond acceptors (Lipinski definition) is 6. The summed E-state index contributed by atoms with van der Waals surface area (Å²) >= 11 is 0. The van der Waals surface area contributed by atoms with Gasteiger partial charge < -0.3 is 33.7 Å². The molecule has 268 valence electrons. The van der Waals surface area contributed by atoms with E-state index >= 15 is 0 Å². The molecule has 0 unspecified atom stereocenters. The predicted octanol–water partition coefficient (Wildman–Crippen LogP) is 9.32. The van der Waals surface area contributed by atoms with Crippen molar-refractivity contribution in [1.29, 1.82) is 0 Å². The van der Waals surface area contributed by atoms with E-state index in [4.69, 9.17) is 32.1 Å². The van der Waals surface area contributed by atoms with Crippen LogP contribution in [0.2, 0.25) is 0 Å². The smallest absolute Gasteiger partial charge is 0.306 e. The van der Waals surface area contributed by atoms with Crippen LogP contribution in [0.15, 0.2) is 36.4 Å². The van der Waals surface area contributed by atoms with Crippen LogP contribution in [0, 0.1) is 25.0 Å². The first-order valence-electron chi connectivity index (χ1n) is 18.4. The van der Waals surface area contributed by atoms with Gasteiger partial charge in [0.25, 0.3) is 11.1 Å². The number of ether oxygens (including phenoxy) is 4. The Morgan fingerprint density at radius 1 is 0.640 bits per heavy atom. The van der Waals surface area contributed by atoms with Crippen LogP contribution in [0.1, 0.15) is 121 Å². The van der Waals surface area contributed by atoms with Crippen LogP contribution >= 0.6 is 0 Å². The van der Waals surface area contributed by atoms with Crippen LogP contribution in [0.4, 0.5) is 0 Å². The standard InChI is InChI=1S/C21H27NO3.C20H25NO4/c1-15(23)16-10-12-21(22-2,13-11-16)17-8-9-19(24-3)20(14-17)25-18-6-4-5-7-18;1-21-20(11-9-14(10-12-20)19(22)23)15-7-8-17(24-2)18(13-15)25-16-5-3-4-6-16/h8-9,14,16,18H,4-7,10-13H2,1,3H3;7-8,13-14,16H,3-6,9-12H2,2H3,(H,22,23). The topological polar surface area (TPSA) is 100 Å². The maximum absolute atomic E-state index is 11.7. The molecule has 0 atom stereocenters. The summed E-state index contributed by atoms with van der Waals surface area (Å²) < 4.78 is 23.3. The molecule has 0 bridgehead atoms. The molecular weight excluding hydrogens is 632 g/mol. The number of ketones is 1. The van der Waals surface area contributed by atoms with Gasteiger partial charge in [0, 0.05) is 42.7 Å². The van der Waals surface area contributed by atoms with Gasteiger partial charge in [0.2, 0.25) is 0 Å². The van der Waals surface area contributed by atoms with Gasteiger partial charge in [-0.2, -0.15) is 0 Å². The highest BCUT2D eigenvalue weighted by molar-refractivity contribution is 5.78. The van der Waals surface area contributed by atoms with Gasteiger partial charge in [0.1, 0.15) is 5.78 Å². The fraction of sp³-hybridized carbons (Fsp3) is 0.610. The Kier molecular flexibility index (Phi) is 12.3. The van der Waals surface area contributed by atoms with Crippen LogP contribution in [-0.2, 0) is 20.7 Å². The molecule has 0 spiro atoms. The van der Waals surface area contributed by atoms with E-state index in [-0.39, 0.29) is 29.8 Å². The lowest BCUT2D eigenvalue weighted by atomic mass is 9.72. The fourth-order valence-electron chi connectivity index (χ4n) is 8.26. The molecule has 2 aromatic rings. The molecule has 9 nitrogen and oxygen atoms in total. The summed E-state index contributed by atoms with van der Waals surface area (Å²) in [7, 11) is 3.28. The molecule has 1 N–H and O–H groups in total. The molecule has 9 heteroatoms. The summed E-state index contributed by atoms with van der Waals surface area (Å²) in [5.74, 6) is 2.16. The van der Waals surface area contributed by atoms with Gasteiger partial charge in [-0.15, -0.1) is 0 Å². The van der Waals surface area contributed by atoms with E-state index < -0.39 is 17.0 Å². The highest BCUT2D eigenvalue weighted by Gasteiger charge is 2.46. The van der Waals surface area contributed by atoms with E-state index in [0.29, 0.717) is 37.2 Å². The second kappa shape index (κ2) is 16.6. The highest BCUT2D eigenvalue weighted by atomic mass is 16.5. The monoisotopic (exact) mass is 684 g/mol. The molecule has 0 heterocycles. The molecular formula is C41H52N2O7. The van der Waals surface area contributed by atoms with Gasteiger partial charge >= 0.3 is 5.97 Å². The molecule has 0 saturated heterocycles. The molecule has 4 aliphatic carbocycles. The van der Waals surface area contributed by atoms with Crippen molar-refractivity contribution < 1.29 is 33.6 Å². The number of nitrogens with zero attached hydrogens (tertiary/aromatic N) is 2. The number of carbonyl (C=O) groups is 2. The number of hydrogen-bond donors (Lipinski definition) is 1. The summed E-state index contributed by atoms with van der Waals surface area (Å²) in [5.41, 5.74) is 0.733. The molecule has 0 amide bonds. The number of carboxylic acids is 1. The average molecular weight is 685 g/mol. The van der Waals surface area contributed by atoms with Crippen LogP contribution in [0.5, 0.6) is 23.0 Å². The number of methoxy groups -OCH3 is 2. The van der Waals surface area contributed by atoms with Gasteiger partial charge in [0.05, 0.1) is 32.3 Å². The van der Waals surface area contributed by atoms with Crippen molar-refractivity contribution in [2.45, 2.75) is 133 Å². The second-order valence-corrected chi connectivity index (χ2v) is 14.6. The van der Waals surface area contributed by atoms with E-state index in [2.05, 4.69) is 9.69 Å². The molecule has 6 rings (SSSR count). The lowest BCUT2D eigenvalue weighted by Crippen LogP contribution is -2.31. The predicted molar refractivity (Wildman–Crippen MR) is 191 cm³/mol. The molecule has 4 fully saturated rings. The van der Waals surface area contributed by atoms with Crippen LogP contribution in [0.3, 0.4) is 0 Å². The summed E-state index contributed by atoms with van der Waals surface area (Å²) in [4.78, 5) is 30.8. The molecule has 2 aromatic carbocycles. The van der Waals surface area contributed by atoms with E-state index in [1.165, 1.54) is 25.7 Å². The van der Waals surface area contributed by atoms with E-state index in [1.54, 1.807) is 21.1 Å². The van der Waals surface area contributed by atoms with Crippen molar-refractivity contribution in [2.24, 2.45) is 11.8 Å². The van der Waals surface area contributed by atoms with Crippen LogP contribution < -0.4 is 18.9 Å². The summed E-state index contributed by atoms with van der Waals surface area (Å²) in [6.07, 6.45) is 14.8. The van der Waals surface area contributed by atoms with Gasteiger partial charge in [-0.25, -0.2) is 13.1 Å². The maximum atomic E-state index is 11.7. The third-order valence-corrected chi connectivity index (χ3v) is 11.6. The first-order valence-corrected chi connectivity index (χ1v) is 18.4. The average Bonchev–Trinajstić information content (AvgIpc) is 3.87. The molecule has 4 saturated carbocycles. The number of carboxylic acid groups (broad SMARTS) is 1. The third kappa shape index (κ3) is 8.37. The van der Waals surface area contributed by atoms with Gasteiger partial charge in [-0.3, -0.25) is 9.59 Å². The van der Waals surface area contributed by atoms with Gasteiger partial charge in [0.15, 0.2) is 23.0 Å². The zero-order chi connectivity index (χ0) is 35.7. The number of carbonyl (C=O) groups excluding carboxylic acids is 1. The Labute approximate surface area is 297 Å². The SMILES string of the molecule is [C-]#[N+]C1(c2ccc(OC)c(OC3CCCC3)c2)CCC(C(=O)O)CC1.[C-]#[N+]C1(c2ccc(OC)c(OC3CCCC3)c2)CCC(C(C)=O)CC1. The summed E-state index contributed by atoms with van der Waals surface area (Å²) in [6.45, 7) is 17.2. The van der Waals surface area contributed by atoms with E-state index in [0.717, 1.165) is 74.0 Å². The number of benzene rings is 2. The molecule has 0 aromatic heterocycles. The Morgan fingerprint density at radius 3 is 1.34 bits per heavy atom. The minimum absolute atomic E-state index is 0.113. The lowest BCUT2D eigenvalue weighted by molar-refractivity contribution is -0.143. The molecule has 0 radical (unpaired) electrons. The zero-order valence-corrected chi connectivity index (χ0v) is 29.9. The van der Waals surface area contributed by atoms with E-state index in [1.807, 2.05) is 36.4 Å². The summed E-state index contributed by atoms with van der Waals surface area (Å²) in [6, 6.07) is 11.7. The van der Waals surface area contributed by atoms with Crippen molar-refractivity contribution in [3.63, 3.8) is 0 Å². The minimum Gasteiger partial charge on any atom is -0.493 e. The fourth-order valence-corrected chi connectivity index (χ4v) is 8.26.